The first kappa shape index (κ1) is 12.4. The molecule has 1 fully saturated rings. The normalized spacial score (nSPS) is 18.8. The Hall–Kier alpha value is -2.68. The molecular weight excluding hydrogens is 266 g/mol. The topological polar surface area (TPSA) is 123 Å². The van der Waals surface area contributed by atoms with Crippen molar-refractivity contribution in [3.63, 3.8) is 0 Å². The number of hydrogen-bond donors (Lipinski definition) is 2. The van der Waals surface area contributed by atoms with Gasteiger partial charge in [-0.1, -0.05) is 0 Å². The molecule has 20 heavy (non-hydrogen) atoms. The summed E-state index contributed by atoms with van der Waals surface area (Å²) in [6, 6.07) is 1.63. The number of nitrogens with zero attached hydrogens (tertiary/aromatic N) is 4. The lowest BCUT2D eigenvalue weighted by atomic mass is 10.3. The smallest absolute Gasteiger partial charge is 0.371 e. The van der Waals surface area contributed by atoms with Crippen molar-refractivity contribution >= 4 is 23.3 Å². The van der Waals surface area contributed by atoms with Crippen LogP contribution in [0, 0.1) is 0 Å². The number of rotatable bonds is 2. The first-order chi connectivity index (χ1) is 9.58. The highest BCUT2D eigenvalue weighted by atomic mass is 16.7. The zero-order chi connectivity index (χ0) is 14.3. The Morgan fingerprint density at radius 2 is 2.35 bits per heavy atom. The number of anilines is 1. The molecule has 0 spiro atoms. The van der Waals surface area contributed by atoms with Gasteiger partial charge in [-0.3, -0.25) is 4.79 Å². The van der Waals surface area contributed by atoms with Crippen molar-refractivity contribution in [1.29, 1.82) is 0 Å². The molecule has 0 bridgehead atoms. The third kappa shape index (κ3) is 1.84. The van der Waals surface area contributed by atoms with Crippen molar-refractivity contribution in [2.75, 3.05) is 5.73 Å². The van der Waals surface area contributed by atoms with Gasteiger partial charge in [0.15, 0.2) is 23.3 Å². The van der Waals surface area contributed by atoms with E-state index in [1.165, 1.54) is 10.7 Å². The van der Waals surface area contributed by atoms with Crippen LogP contribution in [0.5, 0.6) is 0 Å². The molecule has 0 aliphatic carbocycles. The van der Waals surface area contributed by atoms with Crippen LogP contribution in [0.1, 0.15) is 23.2 Å². The summed E-state index contributed by atoms with van der Waals surface area (Å²) in [5.74, 6) is -1.41. The third-order valence-corrected chi connectivity index (χ3v) is 2.94. The van der Waals surface area contributed by atoms with Gasteiger partial charge in [0.05, 0.1) is 0 Å². The van der Waals surface area contributed by atoms with Crippen molar-refractivity contribution in [3.05, 3.63) is 24.0 Å². The highest BCUT2D eigenvalue weighted by Crippen LogP contribution is 2.21. The molecule has 0 aromatic carbocycles. The van der Waals surface area contributed by atoms with Crippen molar-refractivity contribution < 1.29 is 19.5 Å². The van der Waals surface area contributed by atoms with Gasteiger partial charge in [0.2, 0.25) is 0 Å². The third-order valence-electron chi connectivity index (χ3n) is 2.94. The molecule has 2 aromatic rings. The van der Waals surface area contributed by atoms with Crippen LogP contribution in [0.25, 0.3) is 5.65 Å². The monoisotopic (exact) mass is 277 g/mol. The van der Waals surface area contributed by atoms with Crippen LogP contribution in [0.3, 0.4) is 0 Å². The maximum Gasteiger partial charge on any atom is 0.371 e. The van der Waals surface area contributed by atoms with E-state index in [4.69, 9.17) is 10.6 Å². The molecular formula is C11H11N5O4. The molecule has 2 aromatic heterocycles. The summed E-state index contributed by atoms with van der Waals surface area (Å²) in [5.41, 5.74) is 5.83. The van der Waals surface area contributed by atoms with Crippen LogP contribution in [-0.4, -0.2) is 42.9 Å². The highest BCUT2D eigenvalue weighted by Gasteiger charge is 2.34. The predicted octanol–water partition coefficient (Wildman–Crippen LogP) is -0.676. The van der Waals surface area contributed by atoms with Gasteiger partial charge in [-0.2, -0.15) is 0 Å². The summed E-state index contributed by atoms with van der Waals surface area (Å²) in [5, 5.41) is 14.1. The van der Waals surface area contributed by atoms with Gasteiger partial charge in [-0.05, 0) is 6.07 Å². The van der Waals surface area contributed by atoms with Crippen molar-refractivity contribution in [2.24, 2.45) is 0 Å². The molecule has 1 saturated heterocycles. The number of aliphatic hydroxyl groups is 1. The highest BCUT2D eigenvalue weighted by molar-refractivity contribution is 6.01. The molecule has 9 nitrogen and oxygen atoms in total. The summed E-state index contributed by atoms with van der Waals surface area (Å²) in [7, 11) is 0. The molecule has 104 valence electrons. The minimum atomic E-state index is -1.14. The van der Waals surface area contributed by atoms with Gasteiger partial charge in [0, 0.05) is 25.2 Å². The van der Waals surface area contributed by atoms with E-state index in [0.29, 0.717) is 5.06 Å². The Morgan fingerprint density at radius 3 is 3.05 bits per heavy atom. The molecule has 1 aliphatic heterocycles. The van der Waals surface area contributed by atoms with Crippen LogP contribution in [0.2, 0.25) is 0 Å². The van der Waals surface area contributed by atoms with E-state index in [2.05, 4.69) is 10.1 Å². The zero-order valence-corrected chi connectivity index (χ0v) is 10.3. The first-order valence-corrected chi connectivity index (χ1v) is 5.89. The van der Waals surface area contributed by atoms with E-state index in [-0.39, 0.29) is 29.9 Å². The maximum atomic E-state index is 12.1. The first-order valence-electron chi connectivity index (χ1n) is 5.89. The molecule has 1 aliphatic rings. The number of fused-ring (bicyclic) bond motifs is 1. The Balaban J connectivity index is 1.93. The zero-order valence-electron chi connectivity index (χ0n) is 10.3. The Morgan fingerprint density at radius 1 is 1.55 bits per heavy atom. The number of amides is 1. The Bertz CT molecular complexity index is 697. The molecule has 1 atom stereocenters. The fraction of sp³-hybridized carbons (Fsp3) is 0.273. The van der Waals surface area contributed by atoms with Crippen molar-refractivity contribution in [2.45, 2.75) is 19.1 Å². The average molecular weight is 277 g/mol. The largest absolute Gasteiger partial charge is 0.381 e. The molecule has 3 heterocycles. The Labute approximate surface area is 112 Å². The second-order valence-corrected chi connectivity index (χ2v) is 4.27. The number of aliphatic hydroxyl groups excluding tert-OH is 1. The van der Waals surface area contributed by atoms with E-state index in [1.54, 1.807) is 12.3 Å². The van der Waals surface area contributed by atoms with Gasteiger partial charge in [0.25, 0.3) is 5.91 Å². The minimum Gasteiger partial charge on any atom is -0.381 e. The van der Waals surface area contributed by atoms with Crippen LogP contribution < -0.4 is 5.73 Å². The van der Waals surface area contributed by atoms with E-state index >= 15 is 0 Å². The van der Waals surface area contributed by atoms with Crippen LogP contribution in [-0.2, 0) is 9.63 Å². The number of nitrogens with two attached hydrogens (primary N) is 1. The number of aromatic nitrogens is 3. The molecule has 9 heteroatoms. The Kier molecular flexibility index (Phi) is 2.75. The van der Waals surface area contributed by atoms with E-state index < -0.39 is 18.1 Å². The molecule has 3 rings (SSSR count). The second-order valence-electron chi connectivity index (χ2n) is 4.27. The number of carbonyl (C=O) groups excluding carboxylic acids is 2. The average Bonchev–Trinajstić information content (AvgIpc) is 2.91. The lowest BCUT2D eigenvalue weighted by molar-refractivity contribution is -0.191. The standard InChI is InChI=1S/C11H11N5O4/c12-9-8(10-13-4-1-5-15(10)14-9)11(19)20-16-6(17)2-3-7(16)18/h1,4-6,17H,2-3H2,(H2,12,14). The summed E-state index contributed by atoms with van der Waals surface area (Å²) < 4.78 is 1.33. The fourth-order valence-electron chi connectivity index (χ4n) is 1.99. The lowest BCUT2D eigenvalue weighted by Gasteiger charge is -2.18. The summed E-state index contributed by atoms with van der Waals surface area (Å²) in [6.45, 7) is 0. The number of hydrogen-bond acceptors (Lipinski definition) is 7. The van der Waals surface area contributed by atoms with Gasteiger partial charge in [-0.25, -0.2) is 14.3 Å². The molecule has 0 radical (unpaired) electrons. The van der Waals surface area contributed by atoms with Gasteiger partial charge >= 0.3 is 5.97 Å². The molecule has 0 saturated carbocycles. The van der Waals surface area contributed by atoms with E-state index in [9.17, 15) is 14.7 Å². The summed E-state index contributed by atoms with van der Waals surface area (Å²) in [6.07, 6.45) is 2.25. The quantitative estimate of drug-likeness (QED) is 0.745. The number of hydroxylamine groups is 2. The predicted molar refractivity (Wildman–Crippen MR) is 64.9 cm³/mol. The molecule has 1 unspecified atom stereocenters. The number of nitrogen functional groups attached to an aromatic ring is 1. The van der Waals surface area contributed by atoms with Crippen LogP contribution in [0.15, 0.2) is 18.5 Å². The van der Waals surface area contributed by atoms with E-state index in [0.717, 1.165) is 0 Å². The molecule has 1 amide bonds. The van der Waals surface area contributed by atoms with Gasteiger partial charge in [-0.15, -0.1) is 10.2 Å². The van der Waals surface area contributed by atoms with Gasteiger partial charge < -0.3 is 15.7 Å². The lowest BCUT2D eigenvalue weighted by Crippen LogP contribution is -2.35. The van der Waals surface area contributed by atoms with Gasteiger partial charge in [0.1, 0.15) is 0 Å². The number of carbonyl (C=O) groups is 2. The molecule has 3 N–H and O–H groups in total. The van der Waals surface area contributed by atoms with Crippen LogP contribution >= 0.6 is 0 Å². The summed E-state index contributed by atoms with van der Waals surface area (Å²) >= 11 is 0. The van der Waals surface area contributed by atoms with Crippen molar-refractivity contribution in [3.8, 4) is 0 Å². The van der Waals surface area contributed by atoms with E-state index in [1.807, 2.05) is 0 Å². The summed E-state index contributed by atoms with van der Waals surface area (Å²) in [4.78, 5) is 32.4. The SMILES string of the molecule is Nc1nn2cccnc2c1C(=O)ON1C(=O)CCC1O. The van der Waals surface area contributed by atoms with Crippen LogP contribution in [0.4, 0.5) is 5.82 Å². The van der Waals surface area contributed by atoms with Crippen molar-refractivity contribution in [1.82, 2.24) is 19.7 Å². The maximum absolute atomic E-state index is 12.1. The second kappa shape index (κ2) is 4.46. The minimum absolute atomic E-state index is 0.0440. The fourth-order valence-corrected chi connectivity index (χ4v) is 1.99.